The molecule has 13 nitrogen and oxygen atoms in total. The number of carboxylic acids is 1. The largest absolute Gasteiger partial charge is 0.479 e. The van der Waals surface area contributed by atoms with Gasteiger partial charge in [0.15, 0.2) is 18.3 Å². The summed E-state index contributed by atoms with van der Waals surface area (Å²) in [5.41, 5.74) is 21.0. The van der Waals surface area contributed by atoms with Gasteiger partial charge in [-0.1, -0.05) is 6.08 Å². The highest BCUT2D eigenvalue weighted by atomic mass is 16.5. The van der Waals surface area contributed by atoms with Gasteiger partial charge in [0.05, 0.1) is 6.04 Å². The summed E-state index contributed by atoms with van der Waals surface area (Å²) < 4.78 is 6.55. The third kappa shape index (κ3) is 6.29. The standard InChI is InChI=1S/C16H24N8O5/c17-8(3-5-21-15(19)20)7-11(25)22-9-1-2-12(29-13(9)14(26)27)24-6-4-10(18)23-16(24)28/h1-2,4,6,8-9,12-13H,3,5,7,17H2,(H,22,25)(H,26,27)(H2,18,23,28)(H4,19,20,21). The van der Waals surface area contributed by atoms with Crippen molar-refractivity contribution in [2.75, 3.05) is 12.3 Å². The average Bonchev–Trinajstić information content (AvgIpc) is 2.61. The second kappa shape index (κ2) is 9.66. The van der Waals surface area contributed by atoms with Crippen LogP contribution in [0.1, 0.15) is 19.1 Å². The molecule has 29 heavy (non-hydrogen) atoms. The molecule has 0 spiro atoms. The van der Waals surface area contributed by atoms with Gasteiger partial charge in [-0.3, -0.25) is 14.4 Å². The van der Waals surface area contributed by atoms with E-state index in [0.29, 0.717) is 6.42 Å². The number of ether oxygens (including phenoxy) is 1. The van der Waals surface area contributed by atoms with Crippen LogP contribution in [0, 0.1) is 0 Å². The molecule has 1 amide bonds. The van der Waals surface area contributed by atoms with Gasteiger partial charge in [-0.15, -0.1) is 0 Å². The number of carboxylic acid groups (broad SMARTS) is 1. The van der Waals surface area contributed by atoms with E-state index >= 15 is 0 Å². The highest BCUT2D eigenvalue weighted by Gasteiger charge is 2.35. The number of guanidine groups is 1. The summed E-state index contributed by atoms with van der Waals surface area (Å²) in [5, 5.41) is 12.0. The van der Waals surface area contributed by atoms with Gasteiger partial charge in [-0.25, -0.2) is 9.59 Å². The van der Waals surface area contributed by atoms with E-state index in [9.17, 15) is 19.5 Å². The summed E-state index contributed by atoms with van der Waals surface area (Å²) >= 11 is 0. The first-order valence-electron chi connectivity index (χ1n) is 8.69. The lowest BCUT2D eigenvalue weighted by Gasteiger charge is -2.31. The smallest absolute Gasteiger partial charge is 0.351 e. The van der Waals surface area contributed by atoms with Crippen molar-refractivity contribution in [1.82, 2.24) is 14.9 Å². The summed E-state index contributed by atoms with van der Waals surface area (Å²) in [4.78, 5) is 43.1. The Hall–Kier alpha value is -3.45. The fourth-order valence-electron chi connectivity index (χ4n) is 2.65. The van der Waals surface area contributed by atoms with Gasteiger partial charge in [0.25, 0.3) is 0 Å². The summed E-state index contributed by atoms with van der Waals surface area (Å²) in [7, 11) is 0. The lowest BCUT2D eigenvalue weighted by atomic mass is 10.1. The quantitative estimate of drug-likeness (QED) is 0.147. The number of nitrogens with zero attached hydrogens (tertiary/aromatic N) is 3. The fraction of sp³-hybridized carbons (Fsp3) is 0.438. The molecule has 1 aromatic rings. The van der Waals surface area contributed by atoms with E-state index in [1.165, 1.54) is 24.4 Å². The van der Waals surface area contributed by atoms with Gasteiger partial charge in [0.2, 0.25) is 5.91 Å². The summed E-state index contributed by atoms with van der Waals surface area (Å²) in [6.45, 7) is 0.271. The zero-order valence-corrected chi connectivity index (χ0v) is 15.5. The number of rotatable bonds is 8. The molecule has 0 aliphatic carbocycles. The molecule has 0 radical (unpaired) electrons. The predicted molar refractivity (Wildman–Crippen MR) is 103 cm³/mol. The number of nitrogens with two attached hydrogens (primary N) is 4. The second-order valence-corrected chi connectivity index (χ2v) is 6.37. The molecule has 2 rings (SSSR count). The van der Waals surface area contributed by atoms with Gasteiger partial charge < -0.3 is 38.1 Å². The summed E-state index contributed by atoms with van der Waals surface area (Å²) in [5.74, 6) is -1.81. The van der Waals surface area contributed by atoms with E-state index in [1.807, 2.05) is 0 Å². The number of nitrogen functional groups attached to an aromatic ring is 1. The average molecular weight is 408 g/mol. The van der Waals surface area contributed by atoms with Crippen LogP contribution in [-0.2, 0) is 14.3 Å². The Balaban J connectivity index is 2.03. The highest BCUT2D eigenvalue weighted by molar-refractivity contribution is 5.80. The molecule has 0 bridgehead atoms. The Morgan fingerprint density at radius 2 is 2.10 bits per heavy atom. The van der Waals surface area contributed by atoms with Crippen LogP contribution in [0.4, 0.5) is 5.82 Å². The van der Waals surface area contributed by atoms with Gasteiger partial charge in [-0.05, 0) is 18.6 Å². The first-order valence-corrected chi connectivity index (χ1v) is 8.69. The van der Waals surface area contributed by atoms with Crippen molar-refractivity contribution in [1.29, 1.82) is 0 Å². The maximum atomic E-state index is 12.2. The lowest BCUT2D eigenvalue weighted by Crippen LogP contribution is -2.51. The minimum Gasteiger partial charge on any atom is -0.479 e. The SMILES string of the molecule is NC(N)=NCCC(N)CC(=O)NC1C=CC(n2ccc(N)nc2=O)OC1C(=O)O. The summed E-state index contributed by atoms with van der Waals surface area (Å²) in [6, 6.07) is -0.0768. The van der Waals surface area contributed by atoms with Crippen LogP contribution < -0.4 is 33.9 Å². The van der Waals surface area contributed by atoms with Gasteiger partial charge in [0, 0.05) is 25.2 Å². The number of hydrogen-bond acceptors (Lipinski definition) is 8. The monoisotopic (exact) mass is 408 g/mol. The topological polar surface area (TPSA) is 227 Å². The van der Waals surface area contributed by atoms with E-state index in [0.717, 1.165) is 4.57 Å². The number of anilines is 1. The van der Waals surface area contributed by atoms with Crippen molar-refractivity contribution in [3.8, 4) is 0 Å². The van der Waals surface area contributed by atoms with Crippen LogP contribution in [0.3, 0.4) is 0 Å². The number of carbonyl (C=O) groups is 2. The minimum atomic E-state index is -1.42. The van der Waals surface area contributed by atoms with Crippen molar-refractivity contribution in [2.45, 2.75) is 37.3 Å². The number of hydrogen-bond donors (Lipinski definition) is 6. The molecule has 1 aliphatic heterocycles. The molecule has 10 N–H and O–H groups in total. The molecule has 0 aromatic carbocycles. The molecule has 0 saturated heterocycles. The maximum absolute atomic E-state index is 12.2. The normalized spacial score (nSPS) is 21.9. The van der Waals surface area contributed by atoms with E-state index in [4.69, 9.17) is 27.7 Å². The number of nitrogens with one attached hydrogen (secondary N) is 1. The molecular weight excluding hydrogens is 384 g/mol. The second-order valence-electron chi connectivity index (χ2n) is 6.37. The third-order valence-corrected chi connectivity index (χ3v) is 4.03. The van der Waals surface area contributed by atoms with E-state index in [-0.39, 0.29) is 24.7 Å². The maximum Gasteiger partial charge on any atom is 0.351 e. The summed E-state index contributed by atoms with van der Waals surface area (Å²) in [6.07, 6.45) is 2.12. The van der Waals surface area contributed by atoms with Crippen LogP contribution >= 0.6 is 0 Å². The van der Waals surface area contributed by atoms with Crippen LogP contribution in [-0.4, -0.2) is 57.2 Å². The molecule has 2 heterocycles. The molecule has 1 aliphatic rings. The van der Waals surface area contributed by atoms with E-state index < -0.39 is 42.0 Å². The Bertz CT molecular complexity index is 863. The van der Waals surface area contributed by atoms with Crippen LogP contribution in [0.25, 0.3) is 0 Å². The first-order chi connectivity index (χ1) is 13.7. The van der Waals surface area contributed by atoms with Crippen molar-refractivity contribution >= 4 is 23.7 Å². The number of carbonyl (C=O) groups excluding carboxylic acids is 1. The Morgan fingerprint density at radius 3 is 2.72 bits per heavy atom. The van der Waals surface area contributed by atoms with Crippen molar-refractivity contribution in [3.05, 3.63) is 34.9 Å². The molecule has 0 fully saturated rings. The van der Waals surface area contributed by atoms with Gasteiger partial charge >= 0.3 is 11.7 Å². The van der Waals surface area contributed by atoms with Crippen LogP contribution in [0.2, 0.25) is 0 Å². The van der Waals surface area contributed by atoms with Gasteiger partial charge in [0.1, 0.15) is 5.82 Å². The Labute approximate surface area is 165 Å². The number of aliphatic carboxylic acids is 1. The Kier molecular flexibility index (Phi) is 7.27. The van der Waals surface area contributed by atoms with Crippen molar-refractivity contribution in [2.24, 2.45) is 22.2 Å². The lowest BCUT2D eigenvalue weighted by molar-refractivity contribution is -0.159. The molecular formula is C16H24N8O5. The molecule has 4 unspecified atom stereocenters. The van der Waals surface area contributed by atoms with E-state index in [2.05, 4.69) is 15.3 Å². The molecule has 13 heteroatoms. The third-order valence-electron chi connectivity index (χ3n) is 4.03. The van der Waals surface area contributed by atoms with Crippen LogP contribution in [0.5, 0.6) is 0 Å². The number of aliphatic imine (C=N–C) groups is 1. The highest BCUT2D eigenvalue weighted by Crippen LogP contribution is 2.20. The van der Waals surface area contributed by atoms with Crippen LogP contribution in [0.15, 0.2) is 34.2 Å². The number of amides is 1. The molecule has 0 saturated carbocycles. The fourth-order valence-corrected chi connectivity index (χ4v) is 2.65. The molecule has 158 valence electrons. The van der Waals surface area contributed by atoms with E-state index in [1.54, 1.807) is 0 Å². The molecule has 4 atom stereocenters. The minimum absolute atomic E-state index is 0.0298. The predicted octanol–water partition coefficient (Wildman–Crippen LogP) is -2.77. The van der Waals surface area contributed by atoms with Gasteiger partial charge in [-0.2, -0.15) is 4.98 Å². The molecule has 1 aromatic heterocycles. The first kappa shape index (κ1) is 21.8. The zero-order chi connectivity index (χ0) is 21.6. The zero-order valence-electron chi connectivity index (χ0n) is 15.5. The Morgan fingerprint density at radius 1 is 1.38 bits per heavy atom. The van der Waals surface area contributed by atoms with Crippen molar-refractivity contribution < 1.29 is 19.4 Å². The number of aromatic nitrogens is 2. The van der Waals surface area contributed by atoms with Crippen molar-refractivity contribution in [3.63, 3.8) is 0 Å².